The lowest BCUT2D eigenvalue weighted by atomic mass is 9.88. The molecule has 12 nitrogen and oxygen atoms in total. The van der Waals surface area contributed by atoms with Crippen molar-refractivity contribution in [3.05, 3.63) is 12.2 Å². The Hall–Kier alpha value is -1.66. The molecule has 2 N–H and O–H groups in total. The van der Waals surface area contributed by atoms with Crippen LogP contribution in [0.5, 0.6) is 0 Å². The van der Waals surface area contributed by atoms with Crippen LogP contribution in [0.25, 0.3) is 0 Å². The molecule has 334 valence electrons. The number of aliphatic hydroxyl groups is 2. The van der Waals surface area contributed by atoms with Crippen molar-refractivity contribution in [2.24, 2.45) is 11.8 Å². The summed E-state index contributed by atoms with van der Waals surface area (Å²) in [6, 6.07) is 0. The van der Waals surface area contributed by atoms with Gasteiger partial charge >= 0.3 is 11.9 Å². The highest BCUT2D eigenvalue weighted by Gasteiger charge is 2.39. The quantitative estimate of drug-likeness (QED) is 0.0202. The van der Waals surface area contributed by atoms with Crippen LogP contribution in [0.1, 0.15) is 174 Å². The number of phosphoric acid groups is 1. The average molecular weight is 832 g/mol. The highest BCUT2D eigenvalue weighted by atomic mass is 31.2. The second-order valence-corrected chi connectivity index (χ2v) is 18.6. The molecule has 0 heterocycles. The predicted octanol–water partition coefficient (Wildman–Crippen LogP) is 8.53. The van der Waals surface area contributed by atoms with E-state index in [2.05, 4.69) is 13.8 Å². The molecule has 0 saturated heterocycles. The Labute approximate surface area is 346 Å². The van der Waals surface area contributed by atoms with E-state index >= 15 is 0 Å². The fourth-order valence-electron chi connectivity index (χ4n) is 7.09. The SMILES string of the molecule is CCCCCCCCCCCCCCCC(=O)OC[C@H](COP(=O)([O-])OCC[N+](C)(C)C)OC(=O)CCCCCC[C@H]1[C@@H](O)CC(=O)[C@@H]1/C=C/[C@@H](O)CCCCC. The Morgan fingerprint density at radius 2 is 1.32 bits per heavy atom. The summed E-state index contributed by atoms with van der Waals surface area (Å²) in [4.78, 5) is 50.3. The van der Waals surface area contributed by atoms with E-state index in [4.69, 9.17) is 18.5 Å². The number of nitrogens with zero attached hydrogens (tertiary/aromatic N) is 1. The number of esters is 2. The van der Waals surface area contributed by atoms with Gasteiger partial charge < -0.3 is 38.1 Å². The van der Waals surface area contributed by atoms with Gasteiger partial charge in [0.05, 0.1) is 40.0 Å². The molecule has 0 aliphatic heterocycles. The van der Waals surface area contributed by atoms with Crippen molar-refractivity contribution in [2.45, 2.75) is 193 Å². The van der Waals surface area contributed by atoms with Crippen LogP contribution in [-0.2, 0) is 37.5 Å². The number of aliphatic hydroxyl groups excluding tert-OH is 2. The monoisotopic (exact) mass is 832 g/mol. The van der Waals surface area contributed by atoms with E-state index in [9.17, 15) is 34.1 Å². The maximum atomic E-state index is 12.8. The summed E-state index contributed by atoms with van der Waals surface area (Å²) >= 11 is 0. The molecule has 6 atom stereocenters. The van der Waals surface area contributed by atoms with Crippen molar-refractivity contribution >= 4 is 25.5 Å². The summed E-state index contributed by atoms with van der Waals surface area (Å²) in [6.45, 7) is 3.85. The Balaban J connectivity index is 2.48. The molecule has 0 amide bonds. The van der Waals surface area contributed by atoms with E-state index in [-0.39, 0.29) is 44.2 Å². The molecule has 1 aliphatic carbocycles. The molecular weight excluding hydrogens is 749 g/mol. The molecule has 1 aliphatic rings. The Morgan fingerprint density at radius 1 is 0.789 bits per heavy atom. The first-order valence-electron chi connectivity index (χ1n) is 22.5. The van der Waals surface area contributed by atoms with Crippen molar-refractivity contribution in [3.63, 3.8) is 0 Å². The summed E-state index contributed by atoms with van der Waals surface area (Å²) < 4.78 is 33.9. The van der Waals surface area contributed by atoms with Gasteiger partial charge in [0.15, 0.2) is 6.10 Å². The van der Waals surface area contributed by atoms with Crippen LogP contribution in [0.3, 0.4) is 0 Å². The van der Waals surface area contributed by atoms with Gasteiger partial charge in [-0.3, -0.25) is 18.9 Å². The molecular formula is C44H82NO11P. The molecule has 0 spiro atoms. The van der Waals surface area contributed by atoms with Crippen molar-refractivity contribution in [2.75, 3.05) is 47.5 Å². The standard InChI is InChI=1S/C44H82NO11P/c1-6-8-10-11-12-13-14-15-16-17-18-19-24-28-43(49)53-35-38(36-55-57(51,52)54-33-32-45(3,4)5)56-44(50)29-25-21-20-23-27-39-40(42(48)34-41(39)47)31-30-37(46)26-22-9-7-2/h30-31,37-41,46-47H,6-29,32-36H2,1-5H3/b31-30+/t37-,38+,39+,40+,41-/m0/s1. The molecule has 57 heavy (non-hydrogen) atoms. The average Bonchev–Trinajstić information content (AvgIpc) is 3.41. The number of rotatable bonds is 37. The molecule has 0 bridgehead atoms. The summed E-state index contributed by atoms with van der Waals surface area (Å²) in [5.41, 5.74) is 0. The van der Waals surface area contributed by atoms with Crippen LogP contribution in [0.4, 0.5) is 0 Å². The van der Waals surface area contributed by atoms with E-state index < -0.39 is 50.6 Å². The summed E-state index contributed by atoms with van der Waals surface area (Å²) in [5.74, 6) is -1.57. The third-order valence-electron chi connectivity index (χ3n) is 10.7. The molecule has 1 fully saturated rings. The Morgan fingerprint density at radius 3 is 1.89 bits per heavy atom. The largest absolute Gasteiger partial charge is 0.756 e. The van der Waals surface area contributed by atoms with Gasteiger partial charge in [-0.1, -0.05) is 142 Å². The van der Waals surface area contributed by atoms with Crippen LogP contribution in [0, 0.1) is 11.8 Å². The normalized spacial score (nSPS) is 19.5. The number of carbonyl (C=O) groups excluding carboxylic acids is 3. The first-order chi connectivity index (χ1) is 27.2. The van der Waals surface area contributed by atoms with Gasteiger partial charge in [-0.2, -0.15) is 0 Å². The maximum absolute atomic E-state index is 12.8. The number of hydrogen-bond donors (Lipinski definition) is 2. The van der Waals surface area contributed by atoms with E-state index in [1.165, 1.54) is 57.8 Å². The molecule has 1 rings (SSSR count). The lowest BCUT2D eigenvalue weighted by Gasteiger charge is -2.28. The summed E-state index contributed by atoms with van der Waals surface area (Å²) in [5, 5.41) is 20.8. The first-order valence-corrected chi connectivity index (χ1v) is 24.0. The van der Waals surface area contributed by atoms with Crippen molar-refractivity contribution < 1.29 is 57.1 Å². The molecule has 0 aromatic heterocycles. The van der Waals surface area contributed by atoms with Crippen LogP contribution < -0.4 is 4.89 Å². The zero-order valence-corrected chi connectivity index (χ0v) is 37.4. The molecule has 1 saturated carbocycles. The number of Topliss-reactive ketones (excluding diaryl/α,β-unsaturated/α-hetero) is 1. The second kappa shape index (κ2) is 32.2. The van der Waals surface area contributed by atoms with Crippen molar-refractivity contribution in [3.8, 4) is 0 Å². The number of carbonyl (C=O) groups is 3. The van der Waals surface area contributed by atoms with Gasteiger partial charge in [-0.25, -0.2) is 0 Å². The summed E-state index contributed by atoms with van der Waals surface area (Å²) in [6.07, 6.45) is 24.2. The van der Waals surface area contributed by atoms with Gasteiger partial charge in [0.1, 0.15) is 25.5 Å². The van der Waals surface area contributed by atoms with E-state index in [1.807, 2.05) is 21.1 Å². The van der Waals surface area contributed by atoms with Gasteiger partial charge in [0.2, 0.25) is 0 Å². The number of phosphoric ester groups is 1. The van der Waals surface area contributed by atoms with E-state index in [0.717, 1.165) is 51.4 Å². The number of ether oxygens (including phenoxy) is 2. The number of unbranched alkanes of at least 4 members (excludes halogenated alkanes) is 17. The number of allylic oxidation sites excluding steroid dienone is 1. The van der Waals surface area contributed by atoms with Gasteiger partial charge in [0, 0.05) is 25.2 Å². The van der Waals surface area contributed by atoms with Gasteiger partial charge in [0.25, 0.3) is 7.82 Å². The minimum absolute atomic E-state index is 0.000101. The number of quaternary nitrogens is 1. The minimum atomic E-state index is -4.69. The summed E-state index contributed by atoms with van der Waals surface area (Å²) in [7, 11) is 1.03. The van der Waals surface area contributed by atoms with E-state index in [0.29, 0.717) is 43.1 Å². The van der Waals surface area contributed by atoms with Crippen molar-refractivity contribution in [1.29, 1.82) is 0 Å². The van der Waals surface area contributed by atoms with Gasteiger partial charge in [-0.05, 0) is 31.6 Å². The topological polar surface area (TPSA) is 169 Å². The molecule has 0 radical (unpaired) electrons. The predicted molar refractivity (Wildman–Crippen MR) is 223 cm³/mol. The molecule has 0 aromatic carbocycles. The lowest BCUT2D eigenvalue weighted by Crippen LogP contribution is -2.37. The number of ketones is 1. The smallest absolute Gasteiger partial charge is 0.306 e. The third kappa shape index (κ3) is 29.2. The zero-order valence-electron chi connectivity index (χ0n) is 36.5. The first kappa shape index (κ1) is 53.4. The molecule has 13 heteroatoms. The molecule has 0 aromatic rings. The van der Waals surface area contributed by atoms with Gasteiger partial charge in [-0.15, -0.1) is 0 Å². The zero-order chi connectivity index (χ0) is 42.4. The third-order valence-corrected chi connectivity index (χ3v) is 11.7. The molecule has 1 unspecified atom stereocenters. The fourth-order valence-corrected chi connectivity index (χ4v) is 7.82. The minimum Gasteiger partial charge on any atom is -0.756 e. The Kier molecular flexibility index (Phi) is 30.1. The fraction of sp³-hybridized carbons (Fsp3) is 0.886. The Bertz CT molecular complexity index is 1140. The van der Waals surface area contributed by atoms with E-state index in [1.54, 1.807) is 12.2 Å². The maximum Gasteiger partial charge on any atom is 0.306 e. The van der Waals surface area contributed by atoms with Crippen LogP contribution in [0.2, 0.25) is 0 Å². The van der Waals surface area contributed by atoms with Crippen LogP contribution in [0.15, 0.2) is 12.2 Å². The lowest BCUT2D eigenvalue weighted by molar-refractivity contribution is -0.870. The van der Waals surface area contributed by atoms with Crippen LogP contribution in [-0.4, -0.2) is 98.2 Å². The highest BCUT2D eigenvalue weighted by Crippen LogP contribution is 2.38. The second-order valence-electron chi connectivity index (χ2n) is 17.2. The van der Waals surface area contributed by atoms with Crippen molar-refractivity contribution in [1.82, 2.24) is 0 Å². The van der Waals surface area contributed by atoms with Crippen LogP contribution >= 0.6 is 7.82 Å². The highest BCUT2D eigenvalue weighted by molar-refractivity contribution is 7.45. The number of likely N-dealkylation sites (N-methyl/N-ethyl adjacent to an activating group) is 1. The number of hydrogen-bond acceptors (Lipinski definition) is 11.